The molecule has 158 valence electrons. The van der Waals surface area contributed by atoms with Crippen molar-refractivity contribution in [2.24, 2.45) is 5.92 Å². The molecule has 9 heteroatoms. The van der Waals surface area contributed by atoms with Crippen molar-refractivity contribution >= 4 is 23.6 Å². The zero-order valence-corrected chi connectivity index (χ0v) is 15.9. The number of rotatable bonds is 10. The van der Waals surface area contributed by atoms with Gasteiger partial charge in [0.2, 0.25) is 0 Å². The van der Waals surface area contributed by atoms with Crippen molar-refractivity contribution in [2.75, 3.05) is 0 Å². The number of halogens is 3. The summed E-state index contributed by atoms with van der Waals surface area (Å²) in [6.07, 6.45) is -2.47. The fourth-order valence-corrected chi connectivity index (χ4v) is 2.29. The van der Waals surface area contributed by atoms with Crippen LogP contribution in [0, 0.1) is 5.92 Å². The highest BCUT2D eigenvalue weighted by atomic mass is 19.4. The van der Waals surface area contributed by atoms with E-state index < -0.39 is 41.3 Å². The van der Waals surface area contributed by atoms with Gasteiger partial charge in [-0.1, -0.05) is 18.7 Å². The summed E-state index contributed by atoms with van der Waals surface area (Å²) in [5, 5.41) is 9.44. The Hall–Kier alpha value is -3.10. The molecule has 1 aromatic carbocycles. The average Bonchev–Trinajstić information content (AvgIpc) is 2.60. The molecular weight excluding hydrogens is 393 g/mol. The number of hydrogen-bond acceptors (Lipinski definition) is 6. The Morgan fingerprint density at radius 3 is 2.41 bits per heavy atom. The lowest BCUT2D eigenvalue weighted by atomic mass is 9.93. The molecule has 0 radical (unpaired) electrons. The molecule has 1 N–H and O–H groups in total. The second-order valence-corrected chi connectivity index (χ2v) is 6.25. The fourth-order valence-electron chi connectivity index (χ4n) is 2.29. The van der Waals surface area contributed by atoms with Gasteiger partial charge >= 0.3 is 12.3 Å². The molecule has 1 aromatic rings. The summed E-state index contributed by atoms with van der Waals surface area (Å²) >= 11 is 0. The first-order valence-corrected chi connectivity index (χ1v) is 8.59. The number of phenolic OH excluding ortho intramolecular Hbond substituents is 1. The highest BCUT2D eigenvalue weighted by Crippen LogP contribution is 2.32. The predicted octanol–water partition coefficient (Wildman–Crippen LogP) is 3.98. The van der Waals surface area contributed by atoms with Crippen LogP contribution < -0.4 is 4.74 Å². The highest BCUT2D eigenvalue weighted by molar-refractivity contribution is 6.12. The Morgan fingerprint density at radius 2 is 1.86 bits per heavy atom. The number of allylic oxidation sites excluding steroid dienone is 2. The van der Waals surface area contributed by atoms with Crippen molar-refractivity contribution in [3.05, 3.63) is 42.5 Å². The third kappa shape index (κ3) is 8.63. The van der Waals surface area contributed by atoms with Crippen LogP contribution in [0.1, 0.15) is 32.3 Å². The lowest BCUT2D eigenvalue weighted by molar-refractivity contribution is -0.275. The Bertz CT molecular complexity index is 796. The zero-order valence-electron chi connectivity index (χ0n) is 15.9. The number of phenols is 1. The van der Waals surface area contributed by atoms with E-state index in [-0.39, 0.29) is 24.5 Å². The van der Waals surface area contributed by atoms with Crippen LogP contribution in [0.15, 0.2) is 36.9 Å². The van der Waals surface area contributed by atoms with E-state index in [0.29, 0.717) is 0 Å². The van der Waals surface area contributed by atoms with Crippen molar-refractivity contribution < 1.29 is 42.1 Å². The number of aromatic hydroxyl groups is 1. The minimum atomic E-state index is -5.00. The standard InChI is InChI=1S/C20H21F3O6/c1-4-15(24)14(7-10-19(27)28-12(2)3)16(25)8-5-13-6-9-17(26)18(11-13)29-20(21,22)23/h4-6,8-9,11-12,14,26H,1,7,10H2,2-3H3. The SMILES string of the molecule is C=CC(=O)C(CCC(=O)OC(C)C)C(=O)C=Cc1ccc(O)c(OC(F)(F)F)c1. The number of ether oxygens (including phenoxy) is 2. The maximum Gasteiger partial charge on any atom is 0.573 e. The van der Waals surface area contributed by atoms with Crippen molar-refractivity contribution in [1.82, 2.24) is 0 Å². The first-order valence-electron chi connectivity index (χ1n) is 8.59. The first-order chi connectivity index (χ1) is 13.4. The lowest BCUT2D eigenvalue weighted by Gasteiger charge is -2.12. The molecule has 0 bridgehead atoms. The third-order valence-corrected chi connectivity index (χ3v) is 3.54. The largest absolute Gasteiger partial charge is 0.573 e. The molecule has 1 rings (SSSR count). The quantitative estimate of drug-likeness (QED) is 0.354. The van der Waals surface area contributed by atoms with Gasteiger partial charge in [-0.25, -0.2) is 0 Å². The van der Waals surface area contributed by atoms with E-state index in [9.17, 15) is 32.7 Å². The van der Waals surface area contributed by atoms with E-state index in [0.717, 1.165) is 24.3 Å². The highest BCUT2D eigenvalue weighted by Gasteiger charge is 2.32. The van der Waals surface area contributed by atoms with E-state index in [1.165, 1.54) is 12.1 Å². The summed E-state index contributed by atoms with van der Waals surface area (Å²) < 4.78 is 45.7. The summed E-state index contributed by atoms with van der Waals surface area (Å²) in [4.78, 5) is 36.0. The van der Waals surface area contributed by atoms with E-state index in [1.807, 2.05) is 0 Å². The number of hydrogen-bond donors (Lipinski definition) is 1. The van der Waals surface area contributed by atoms with Gasteiger partial charge in [-0.3, -0.25) is 14.4 Å². The van der Waals surface area contributed by atoms with Gasteiger partial charge < -0.3 is 14.6 Å². The molecule has 0 spiro atoms. The van der Waals surface area contributed by atoms with Gasteiger partial charge in [0.05, 0.1) is 12.0 Å². The van der Waals surface area contributed by atoms with Crippen LogP contribution in [0.3, 0.4) is 0 Å². The fraction of sp³-hybridized carbons (Fsp3) is 0.350. The molecule has 0 aliphatic heterocycles. The first kappa shape index (κ1) is 23.9. The van der Waals surface area contributed by atoms with Crippen LogP contribution >= 0.6 is 0 Å². The Morgan fingerprint density at radius 1 is 1.21 bits per heavy atom. The van der Waals surface area contributed by atoms with Gasteiger partial charge in [0, 0.05) is 6.42 Å². The summed E-state index contributed by atoms with van der Waals surface area (Å²) in [5.41, 5.74) is 0.124. The van der Waals surface area contributed by atoms with E-state index >= 15 is 0 Å². The molecule has 0 amide bonds. The molecule has 0 heterocycles. The van der Waals surface area contributed by atoms with Crippen LogP contribution in [-0.4, -0.2) is 35.1 Å². The Labute approximate surface area is 165 Å². The topological polar surface area (TPSA) is 89.9 Å². The van der Waals surface area contributed by atoms with Gasteiger partial charge in [0.15, 0.2) is 23.1 Å². The number of benzene rings is 1. The van der Waals surface area contributed by atoms with Gasteiger partial charge in [-0.15, -0.1) is 13.2 Å². The minimum absolute atomic E-state index is 0.0996. The van der Waals surface area contributed by atoms with Crippen molar-refractivity contribution in [2.45, 2.75) is 39.2 Å². The Kier molecular flexibility index (Phi) is 8.62. The van der Waals surface area contributed by atoms with Gasteiger partial charge in [0.25, 0.3) is 0 Å². The minimum Gasteiger partial charge on any atom is -0.504 e. The molecule has 0 fully saturated rings. The number of carbonyl (C=O) groups is 3. The monoisotopic (exact) mass is 414 g/mol. The predicted molar refractivity (Wildman–Crippen MR) is 98.0 cm³/mol. The molecule has 0 aliphatic carbocycles. The molecule has 0 saturated heterocycles. The number of carbonyl (C=O) groups excluding carboxylic acids is 3. The second kappa shape index (κ2) is 10.4. The molecule has 0 aromatic heterocycles. The smallest absolute Gasteiger partial charge is 0.504 e. The Balaban J connectivity index is 2.92. The summed E-state index contributed by atoms with van der Waals surface area (Å²) in [5.74, 6) is -4.54. The molecule has 29 heavy (non-hydrogen) atoms. The summed E-state index contributed by atoms with van der Waals surface area (Å²) in [6.45, 7) is 6.64. The molecule has 6 nitrogen and oxygen atoms in total. The van der Waals surface area contributed by atoms with E-state index in [4.69, 9.17) is 4.74 Å². The van der Waals surface area contributed by atoms with Crippen LogP contribution in [-0.2, 0) is 19.1 Å². The number of ketones is 2. The summed E-state index contributed by atoms with van der Waals surface area (Å²) in [6, 6.07) is 3.11. The van der Waals surface area contributed by atoms with Crippen LogP contribution in [0.5, 0.6) is 11.5 Å². The molecule has 0 saturated carbocycles. The number of alkyl halides is 3. The van der Waals surface area contributed by atoms with Crippen LogP contribution in [0.2, 0.25) is 0 Å². The third-order valence-electron chi connectivity index (χ3n) is 3.54. The van der Waals surface area contributed by atoms with Crippen molar-refractivity contribution in [3.8, 4) is 11.5 Å². The van der Waals surface area contributed by atoms with E-state index in [2.05, 4.69) is 11.3 Å². The zero-order chi connectivity index (χ0) is 22.2. The van der Waals surface area contributed by atoms with Gasteiger partial charge in [0.1, 0.15) is 0 Å². The van der Waals surface area contributed by atoms with Crippen molar-refractivity contribution in [1.29, 1.82) is 0 Å². The van der Waals surface area contributed by atoms with Crippen LogP contribution in [0.25, 0.3) is 6.08 Å². The van der Waals surface area contributed by atoms with Gasteiger partial charge in [-0.2, -0.15) is 0 Å². The summed E-state index contributed by atoms with van der Waals surface area (Å²) in [7, 11) is 0. The maximum absolute atomic E-state index is 12.4. The van der Waals surface area contributed by atoms with E-state index in [1.54, 1.807) is 13.8 Å². The molecule has 0 aliphatic rings. The average molecular weight is 414 g/mol. The molecule has 1 unspecified atom stereocenters. The van der Waals surface area contributed by atoms with Crippen LogP contribution in [0.4, 0.5) is 13.2 Å². The van der Waals surface area contributed by atoms with Gasteiger partial charge in [-0.05, 0) is 50.1 Å². The molecular formula is C20H21F3O6. The second-order valence-electron chi connectivity index (χ2n) is 6.25. The lowest BCUT2D eigenvalue weighted by Crippen LogP contribution is -2.23. The maximum atomic E-state index is 12.4. The normalized spacial score (nSPS) is 12.6. The van der Waals surface area contributed by atoms with Crippen molar-refractivity contribution in [3.63, 3.8) is 0 Å². The molecule has 1 atom stereocenters. The number of esters is 1.